The van der Waals surface area contributed by atoms with Crippen molar-refractivity contribution in [2.75, 3.05) is 13.2 Å². The fourth-order valence-corrected chi connectivity index (χ4v) is 7.98. The van der Waals surface area contributed by atoms with E-state index in [2.05, 4.69) is 47.5 Å². The Hall–Kier alpha value is -8.21. The van der Waals surface area contributed by atoms with Gasteiger partial charge in [-0.05, 0) is 73.9 Å². The topological polar surface area (TPSA) is 473 Å². The quantitative estimate of drug-likeness (QED) is 0.0266. The molecule has 0 unspecified atom stereocenters. The molecule has 79 heavy (non-hydrogen) atoms. The van der Waals surface area contributed by atoms with E-state index in [-0.39, 0.29) is 31.6 Å². The third-order valence-electron chi connectivity index (χ3n) is 12.4. The number of nitrogens with one attached hydrogen (secondary N) is 9. The van der Waals surface area contributed by atoms with Gasteiger partial charge in [-0.2, -0.15) is 0 Å². The Balaban J connectivity index is 1.93. The Morgan fingerprint density at radius 1 is 0.544 bits per heavy atom. The van der Waals surface area contributed by atoms with Gasteiger partial charge in [-0.25, -0.2) is 4.79 Å². The maximum atomic E-state index is 14.3. The van der Waals surface area contributed by atoms with Crippen molar-refractivity contribution < 1.29 is 83.4 Å². The highest BCUT2D eigenvalue weighted by molar-refractivity contribution is 5.99. The first-order valence-electron chi connectivity index (χ1n) is 25.3. The van der Waals surface area contributed by atoms with E-state index in [4.69, 9.17) is 11.5 Å². The first-order valence-corrected chi connectivity index (χ1v) is 25.3. The molecule has 2 aromatic carbocycles. The number of rotatable bonds is 33. The molecule has 10 atom stereocenters. The normalized spacial score (nSPS) is 15.1. The molecule has 1 aromatic heterocycles. The third kappa shape index (κ3) is 20.6. The zero-order valence-corrected chi connectivity index (χ0v) is 44.3. The molecule has 0 fully saturated rings. The van der Waals surface area contributed by atoms with E-state index in [0.29, 0.717) is 34.9 Å². The van der Waals surface area contributed by atoms with Crippen molar-refractivity contribution in [1.29, 1.82) is 0 Å². The van der Waals surface area contributed by atoms with Crippen molar-refractivity contribution in [2.24, 2.45) is 23.3 Å². The molecule has 0 aliphatic carbocycles. The van der Waals surface area contributed by atoms with Crippen molar-refractivity contribution in [3.8, 4) is 5.75 Å². The summed E-state index contributed by atoms with van der Waals surface area (Å²) in [7, 11) is 0. The standard InChI is InChI=1S/C51H73N11O17/c1-24(2)40(61-49(76)41(25(3)4)60-47(74)37(21-39(68)69)56-43(70)31(53)23-63)48(75)58-34(18-27-13-15-29(65)16-14-27)46(73)62-42(26(5)64)50(77)59-36(20-38(66)67)45(72)57-35(19-28-22-54-32-11-7-6-10-30(28)32)44(71)55-33(51(78)79)12-8-9-17-52/h6-7,10-11,13-16,22,24-26,31,33-37,40-42,54,63-65H,8-9,12,17-21,23,52-53H2,1-5H3,(H,55,71)(H,56,70)(H,57,72)(H,58,75)(H,59,77)(H,60,74)(H,61,76)(H,62,73)(H,66,67)(H,68,69)(H,78,79)/t26-,31+,33+,34+,35+,36+,37+,40+,41+,42+/m1/s1. The molecular formula is C51H73N11O17. The number of amides is 8. The lowest BCUT2D eigenvalue weighted by molar-refractivity contribution is -0.143. The molecule has 8 amide bonds. The number of carboxylic acid groups (broad SMARTS) is 3. The fourth-order valence-electron chi connectivity index (χ4n) is 7.98. The lowest BCUT2D eigenvalue weighted by atomic mass is 9.98. The lowest BCUT2D eigenvalue weighted by Crippen LogP contribution is -2.63. The number of aromatic nitrogens is 1. The van der Waals surface area contributed by atoms with Crippen LogP contribution in [0.1, 0.15) is 77.8 Å². The molecule has 28 heteroatoms. The highest BCUT2D eigenvalue weighted by Gasteiger charge is 2.38. The van der Waals surface area contributed by atoms with Gasteiger partial charge >= 0.3 is 17.9 Å². The monoisotopic (exact) mass is 1110 g/mol. The lowest BCUT2D eigenvalue weighted by Gasteiger charge is -2.30. The second-order valence-electron chi connectivity index (χ2n) is 19.5. The van der Waals surface area contributed by atoms with E-state index in [1.165, 1.54) is 52.0 Å². The van der Waals surface area contributed by atoms with Crippen molar-refractivity contribution in [1.82, 2.24) is 47.5 Å². The predicted molar refractivity (Wildman–Crippen MR) is 281 cm³/mol. The summed E-state index contributed by atoms with van der Waals surface area (Å²) in [5.74, 6) is -14.9. The molecule has 0 bridgehead atoms. The van der Waals surface area contributed by atoms with Gasteiger partial charge in [-0.1, -0.05) is 58.0 Å². The minimum Gasteiger partial charge on any atom is -0.508 e. The molecule has 0 spiro atoms. The first-order chi connectivity index (χ1) is 37.2. The Bertz CT molecular complexity index is 2630. The van der Waals surface area contributed by atoms with E-state index in [0.717, 1.165) is 6.92 Å². The summed E-state index contributed by atoms with van der Waals surface area (Å²) in [6.45, 7) is 6.58. The van der Waals surface area contributed by atoms with Crippen molar-refractivity contribution in [3.63, 3.8) is 0 Å². The second kappa shape index (κ2) is 31.3. The summed E-state index contributed by atoms with van der Waals surface area (Å²) in [5.41, 5.74) is 12.6. The van der Waals surface area contributed by atoms with E-state index in [9.17, 15) is 83.4 Å². The highest BCUT2D eigenvalue weighted by atomic mass is 16.4. The maximum absolute atomic E-state index is 14.3. The van der Waals surface area contributed by atoms with Gasteiger partial charge in [0.15, 0.2) is 0 Å². The number of carbonyl (C=O) groups is 11. The summed E-state index contributed by atoms with van der Waals surface area (Å²) in [6, 6.07) is -2.48. The summed E-state index contributed by atoms with van der Waals surface area (Å²) >= 11 is 0. The van der Waals surface area contributed by atoms with Gasteiger partial charge in [0.05, 0.1) is 25.6 Å². The number of aliphatic hydroxyl groups is 2. The number of hydrogen-bond acceptors (Lipinski definition) is 16. The van der Waals surface area contributed by atoms with Crippen molar-refractivity contribution in [2.45, 2.75) is 140 Å². The highest BCUT2D eigenvalue weighted by Crippen LogP contribution is 2.20. The predicted octanol–water partition coefficient (Wildman–Crippen LogP) is -3.29. The molecule has 3 rings (SSSR count). The first kappa shape index (κ1) is 65.1. The van der Waals surface area contributed by atoms with Crippen LogP contribution in [0.5, 0.6) is 5.75 Å². The van der Waals surface area contributed by atoms with Crippen LogP contribution >= 0.6 is 0 Å². The van der Waals surface area contributed by atoms with Crippen LogP contribution in [0.2, 0.25) is 0 Å². The summed E-state index contributed by atoms with van der Waals surface area (Å²) in [6.07, 6.45) is -2.10. The van der Waals surface area contributed by atoms with Crippen LogP contribution in [-0.4, -0.2) is 174 Å². The number of phenolic OH excluding ortho intramolecular Hbond substituents is 1. The Morgan fingerprint density at radius 3 is 1.52 bits per heavy atom. The molecule has 0 saturated heterocycles. The smallest absolute Gasteiger partial charge is 0.326 e. The number of unbranched alkanes of at least 4 members (excludes halogenated alkanes) is 1. The molecule has 0 aliphatic rings. The molecule has 0 aliphatic heterocycles. The number of nitrogens with two attached hydrogens (primary N) is 2. The molecule has 1 heterocycles. The Labute approximate surface area is 454 Å². The van der Waals surface area contributed by atoms with Crippen molar-refractivity contribution in [3.05, 3.63) is 65.9 Å². The zero-order valence-electron chi connectivity index (χ0n) is 44.3. The zero-order chi connectivity index (χ0) is 59.3. The molecule has 0 radical (unpaired) electrons. The van der Waals surface area contributed by atoms with Crippen LogP contribution in [0.3, 0.4) is 0 Å². The summed E-state index contributed by atoms with van der Waals surface area (Å²) in [5, 5.41) is 78.9. The van der Waals surface area contributed by atoms with Crippen LogP contribution in [-0.2, 0) is 65.6 Å². The van der Waals surface area contributed by atoms with Gasteiger partial charge in [-0.3, -0.25) is 47.9 Å². The largest absolute Gasteiger partial charge is 0.508 e. The van der Waals surface area contributed by atoms with Gasteiger partial charge in [0.25, 0.3) is 0 Å². The van der Waals surface area contributed by atoms with Crippen LogP contribution in [0.4, 0.5) is 0 Å². The van der Waals surface area contributed by atoms with Crippen LogP contribution in [0, 0.1) is 11.8 Å². The number of para-hydroxylation sites is 1. The van der Waals surface area contributed by atoms with E-state index < -0.39 is 157 Å². The number of aromatic amines is 1. The van der Waals surface area contributed by atoms with Gasteiger partial charge < -0.3 is 89.6 Å². The number of carboxylic acids is 3. The van der Waals surface area contributed by atoms with Crippen molar-refractivity contribution >= 4 is 76.1 Å². The number of H-pyrrole nitrogens is 1. The number of aliphatic hydroxyl groups excluding tert-OH is 2. The van der Waals surface area contributed by atoms with E-state index in [1.54, 1.807) is 30.5 Å². The average Bonchev–Trinajstić information content (AvgIpc) is 3.84. The summed E-state index contributed by atoms with van der Waals surface area (Å²) < 4.78 is 0. The van der Waals surface area contributed by atoms with Crippen LogP contribution < -0.4 is 54.0 Å². The molecule has 0 saturated carbocycles. The van der Waals surface area contributed by atoms with Gasteiger partial charge in [-0.15, -0.1) is 0 Å². The molecule has 28 nitrogen and oxygen atoms in total. The fraction of sp³-hybridized carbons (Fsp3) is 0.510. The van der Waals surface area contributed by atoms with E-state index >= 15 is 0 Å². The van der Waals surface area contributed by atoms with Crippen LogP contribution in [0.15, 0.2) is 54.7 Å². The number of fused-ring (bicyclic) bond motifs is 1. The van der Waals surface area contributed by atoms with Gasteiger partial charge in [0.1, 0.15) is 60.1 Å². The van der Waals surface area contributed by atoms with E-state index in [1.807, 2.05) is 0 Å². The number of carbonyl (C=O) groups excluding carboxylic acids is 8. The molecule has 434 valence electrons. The number of aromatic hydroxyl groups is 1. The van der Waals surface area contributed by atoms with Gasteiger partial charge in [0.2, 0.25) is 47.3 Å². The average molecular weight is 1110 g/mol. The maximum Gasteiger partial charge on any atom is 0.326 e. The van der Waals surface area contributed by atoms with Crippen LogP contribution in [0.25, 0.3) is 10.9 Å². The number of phenols is 1. The SMILES string of the molecule is CC(C)[C@H](NC(=O)[C@H](CC(=O)O)NC(=O)[C@@H](N)CO)C(=O)N[C@H](C(=O)N[C@@H](Cc1ccc(O)cc1)C(=O)N[C@H](C(=O)N[C@@H](CC(=O)O)C(=O)N[C@@H](Cc1c[nH]c2ccccc12)C(=O)N[C@@H](CCCCN)C(=O)O)[C@@H](C)O)C(C)C. The molecule has 3 aromatic rings. The third-order valence-corrected chi connectivity index (χ3v) is 12.4. The minimum atomic E-state index is -1.99. The Kier molecular flexibility index (Phi) is 25.7. The number of aliphatic carboxylic acids is 3. The molecular weight excluding hydrogens is 1040 g/mol. The number of benzene rings is 2. The molecule has 19 N–H and O–H groups in total. The minimum absolute atomic E-state index is 0.0158. The van der Waals surface area contributed by atoms with Gasteiger partial charge in [0, 0.05) is 29.9 Å². The number of hydrogen-bond donors (Lipinski definition) is 17. The summed E-state index contributed by atoms with van der Waals surface area (Å²) in [4.78, 5) is 149. The second-order valence-corrected chi connectivity index (χ2v) is 19.5. The Morgan fingerprint density at radius 2 is 0.987 bits per heavy atom.